The second-order valence-corrected chi connectivity index (χ2v) is 6.49. The summed E-state index contributed by atoms with van der Waals surface area (Å²) in [5, 5.41) is 4.76. The van der Waals surface area contributed by atoms with E-state index in [1.165, 1.54) is 18.3 Å². The predicted octanol–water partition coefficient (Wildman–Crippen LogP) is 4.19. The third-order valence-corrected chi connectivity index (χ3v) is 4.50. The molecule has 134 valence electrons. The number of benzene rings is 1. The Kier molecular flexibility index (Phi) is 5.48. The highest BCUT2D eigenvalue weighted by molar-refractivity contribution is 7.14. The van der Waals surface area contributed by atoms with Crippen LogP contribution in [0.3, 0.4) is 0 Å². The Hall–Kier alpha value is -2.93. The van der Waals surface area contributed by atoms with Gasteiger partial charge in [-0.2, -0.15) is 0 Å². The van der Waals surface area contributed by atoms with Gasteiger partial charge in [-0.05, 0) is 36.4 Å². The molecule has 0 spiro atoms. The van der Waals surface area contributed by atoms with Gasteiger partial charge in [0.2, 0.25) is 5.91 Å². The van der Waals surface area contributed by atoms with Gasteiger partial charge in [-0.25, -0.2) is 4.98 Å². The fourth-order valence-electron chi connectivity index (χ4n) is 2.33. The molecule has 3 rings (SSSR count). The molecule has 0 fully saturated rings. The molecule has 3 aromatic rings. The number of methoxy groups -OCH3 is 1. The number of hydrogen-bond donors (Lipinski definition) is 1. The molecule has 0 aliphatic carbocycles. The molecule has 6 nitrogen and oxygen atoms in total. The second kappa shape index (κ2) is 7.97. The van der Waals surface area contributed by atoms with E-state index in [2.05, 4.69) is 10.3 Å². The lowest BCUT2D eigenvalue weighted by molar-refractivity contribution is -0.116. The van der Waals surface area contributed by atoms with Crippen LogP contribution < -0.4 is 10.1 Å². The molecule has 0 bridgehead atoms. The molecule has 1 amide bonds. The smallest absolute Gasteiger partial charge is 0.226 e. The van der Waals surface area contributed by atoms with Gasteiger partial charge < -0.3 is 14.5 Å². The average Bonchev–Trinajstić information content (AvgIpc) is 3.29. The van der Waals surface area contributed by atoms with Crippen LogP contribution in [-0.4, -0.2) is 23.8 Å². The molecule has 0 aliphatic rings. The fraction of sp³-hybridized carbons (Fsp3) is 0.211. The first-order valence-corrected chi connectivity index (χ1v) is 8.92. The molecule has 0 atom stereocenters. The molecule has 2 aromatic heterocycles. The second-order valence-electron chi connectivity index (χ2n) is 5.64. The van der Waals surface area contributed by atoms with Gasteiger partial charge in [-0.15, -0.1) is 11.3 Å². The molecule has 1 N–H and O–H groups in total. The van der Waals surface area contributed by atoms with E-state index in [0.29, 0.717) is 17.2 Å². The van der Waals surface area contributed by atoms with E-state index in [1.54, 1.807) is 12.5 Å². The van der Waals surface area contributed by atoms with E-state index in [4.69, 9.17) is 9.15 Å². The summed E-state index contributed by atoms with van der Waals surface area (Å²) in [6, 6.07) is 11.3. The summed E-state index contributed by atoms with van der Waals surface area (Å²) in [6.45, 7) is 1.44. The van der Waals surface area contributed by atoms with Gasteiger partial charge in [0.1, 0.15) is 23.0 Å². The summed E-state index contributed by atoms with van der Waals surface area (Å²) in [6.07, 6.45) is 0.747. The molecule has 2 heterocycles. The predicted molar refractivity (Wildman–Crippen MR) is 99.8 cm³/mol. The van der Waals surface area contributed by atoms with Crippen LogP contribution >= 0.6 is 11.3 Å². The zero-order valence-corrected chi connectivity index (χ0v) is 15.3. The number of anilines is 1. The highest BCUT2D eigenvalue weighted by Gasteiger charge is 2.11. The Morgan fingerprint density at radius 2 is 1.96 bits per heavy atom. The minimum Gasteiger partial charge on any atom is -0.497 e. The van der Waals surface area contributed by atoms with E-state index in [9.17, 15) is 9.59 Å². The highest BCUT2D eigenvalue weighted by Crippen LogP contribution is 2.25. The number of aryl methyl sites for hydroxylation is 1. The number of amides is 1. The third-order valence-electron chi connectivity index (χ3n) is 3.75. The van der Waals surface area contributed by atoms with Gasteiger partial charge in [0.15, 0.2) is 10.9 Å². The lowest BCUT2D eigenvalue weighted by Crippen LogP contribution is -2.12. The third kappa shape index (κ3) is 4.37. The monoisotopic (exact) mass is 370 g/mol. The maximum atomic E-state index is 12.0. The zero-order chi connectivity index (χ0) is 18.5. The molecule has 7 heteroatoms. The zero-order valence-electron chi connectivity index (χ0n) is 14.4. The number of hydrogen-bond acceptors (Lipinski definition) is 6. The summed E-state index contributed by atoms with van der Waals surface area (Å²) >= 11 is 1.23. The number of ketones is 1. The van der Waals surface area contributed by atoms with E-state index < -0.39 is 0 Å². The minimum absolute atomic E-state index is 0.122. The van der Waals surface area contributed by atoms with Crippen molar-refractivity contribution in [2.24, 2.45) is 0 Å². The normalized spacial score (nSPS) is 10.5. The standard InChI is InChI=1S/C19H18N2O4S/c1-12(22)16-11-26-19(20-16)21-18(23)10-8-15-7-9-17(25-15)13-3-5-14(24-2)6-4-13/h3-7,9,11H,8,10H2,1-2H3,(H,20,21,23). The van der Waals surface area contributed by atoms with E-state index in [-0.39, 0.29) is 18.1 Å². The summed E-state index contributed by atoms with van der Waals surface area (Å²) in [4.78, 5) is 27.3. The van der Waals surface area contributed by atoms with Crippen LogP contribution in [0.1, 0.15) is 29.6 Å². The maximum absolute atomic E-state index is 12.0. The van der Waals surface area contributed by atoms with Crippen LogP contribution in [0, 0.1) is 0 Å². The van der Waals surface area contributed by atoms with E-state index in [1.807, 2.05) is 36.4 Å². The Morgan fingerprint density at radius 3 is 2.62 bits per heavy atom. The number of carbonyl (C=O) groups excluding carboxylic acids is 2. The quantitative estimate of drug-likeness (QED) is 0.631. The van der Waals surface area contributed by atoms with Crippen LogP contribution in [0.2, 0.25) is 0 Å². The van der Waals surface area contributed by atoms with Gasteiger partial charge in [-0.3, -0.25) is 9.59 Å². The molecule has 0 saturated heterocycles. The van der Waals surface area contributed by atoms with Crippen molar-refractivity contribution in [3.8, 4) is 17.1 Å². The van der Waals surface area contributed by atoms with Crippen molar-refractivity contribution in [3.63, 3.8) is 0 Å². The lowest BCUT2D eigenvalue weighted by Gasteiger charge is -2.02. The number of nitrogens with one attached hydrogen (secondary N) is 1. The highest BCUT2D eigenvalue weighted by atomic mass is 32.1. The van der Waals surface area contributed by atoms with Crippen LogP contribution in [0.4, 0.5) is 5.13 Å². The summed E-state index contributed by atoms with van der Waals surface area (Å²) < 4.78 is 10.9. The van der Waals surface area contributed by atoms with Crippen molar-refractivity contribution < 1.29 is 18.7 Å². The molecule has 0 unspecified atom stereocenters. The number of thiazole rings is 1. The van der Waals surface area contributed by atoms with Crippen LogP contribution in [0.5, 0.6) is 5.75 Å². The maximum Gasteiger partial charge on any atom is 0.226 e. The lowest BCUT2D eigenvalue weighted by atomic mass is 10.2. The van der Waals surface area contributed by atoms with Crippen molar-refractivity contribution in [2.45, 2.75) is 19.8 Å². The van der Waals surface area contributed by atoms with Gasteiger partial charge in [-0.1, -0.05) is 0 Å². The average molecular weight is 370 g/mol. The van der Waals surface area contributed by atoms with E-state index in [0.717, 1.165) is 22.8 Å². The Morgan fingerprint density at radius 1 is 1.19 bits per heavy atom. The minimum atomic E-state index is -0.170. The number of nitrogens with zero attached hydrogens (tertiary/aromatic N) is 1. The number of Topliss-reactive ketones (excluding diaryl/α,β-unsaturated/α-hetero) is 1. The molecule has 0 saturated carbocycles. The molecular formula is C19H18N2O4S. The summed E-state index contributed by atoms with van der Waals surface area (Å²) in [5.41, 5.74) is 1.31. The Balaban J connectivity index is 1.55. The van der Waals surface area contributed by atoms with Gasteiger partial charge in [0, 0.05) is 30.7 Å². The van der Waals surface area contributed by atoms with Gasteiger partial charge in [0.05, 0.1) is 7.11 Å². The van der Waals surface area contributed by atoms with Crippen molar-refractivity contribution in [1.82, 2.24) is 4.98 Å². The Bertz CT molecular complexity index is 912. The topological polar surface area (TPSA) is 81.4 Å². The molecule has 26 heavy (non-hydrogen) atoms. The van der Waals surface area contributed by atoms with Crippen molar-refractivity contribution in [2.75, 3.05) is 12.4 Å². The molecule has 0 aliphatic heterocycles. The Labute approximate surface area is 154 Å². The first-order chi connectivity index (χ1) is 12.5. The van der Waals surface area contributed by atoms with Crippen LogP contribution in [0.15, 0.2) is 46.2 Å². The van der Waals surface area contributed by atoms with Crippen LogP contribution in [-0.2, 0) is 11.2 Å². The largest absolute Gasteiger partial charge is 0.497 e. The van der Waals surface area contributed by atoms with E-state index >= 15 is 0 Å². The molecule has 1 aromatic carbocycles. The first kappa shape index (κ1) is 17.9. The van der Waals surface area contributed by atoms with Gasteiger partial charge in [0.25, 0.3) is 0 Å². The first-order valence-electron chi connectivity index (χ1n) is 8.04. The number of rotatable bonds is 7. The number of ether oxygens (including phenoxy) is 1. The van der Waals surface area contributed by atoms with Gasteiger partial charge >= 0.3 is 0 Å². The number of aromatic nitrogens is 1. The van der Waals surface area contributed by atoms with Crippen LogP contribution in [0.25, 0.3) is 11.3 Å². The fourth-order valence-corrected chi connectivity index (χ4v) is 3.10. The van der Waals surface area contributed by atoms with Crippen molar-refractivity contribution in [1.29, 1.82) is 0 Å². The molecule has 0 radical (unpaired) electrons. The summed E-state index contributed by atoms with van der Waals surface area (Å²) in [7, 11) is 1.62. The van der Waals surface area contributed by atoms with Crippen molar-refractivity contribution >= 4 is 28.2 Å². The SMILES string of the molecule is COc1ccc(-c2ccc(CCC(=O)Nc3nc(C(C)=O)cs3)o2)cc1. The number of furan rings is 1. The number of carbonyl (C=O) groups is 2. The molecular weight excluding hydrogens is 352 g/mol. The summed E-state index contributed by atoms with van der Waals surface area (Å²) in [5.74, 6) is 1.97. The van der Waals surface area contributed by atoms with Crippen molar-refractivity contribution in [3.05, 3.63) is 53.2 Å².